The van der Waals surface area contributed by atoms with E-state index in [1.807, 2.05) is 29.2 Å². The van der Waals surface area contributed by atoms with Crippen molar-refractivity contribution in [1.82, 2.24) is 10.2 Å². The van der Waals surface area contributed by atoms with Crippen LogP contribution in [0.1, 0.15) is 74.7 Å². The van der Waals surface area contributed by atoms with E-state index in [0.717, 1.165) is 49.8 Å². The number of benzene rings is 1. The molecule has 136 valence electrons. The third kappa shape index (κ3) is 3.88. The van der Waals surface area contributed by atoms with E-state index in [-0.39, 0.29) is 17.4 Å². The van der Waals surface area contributed by atoms with Crippen LogP contribution >= 0.6 is 0 Å². The van der Waals surface area contributed by atoms with E-state index < -0.39 is 0 Å². The molecule has 1 saturated carbocycles. The standard InChI is InChI=1S/C21H30N2O2/c1-16(2)10-13-22-19(24)14-21(11-6-3-7-12-21)23-15-17-8-4-5-9-18(17)20(23)25/h4-5,8-9,16H,3,6-7,10-15H2,1-2H3,(H,22,24). The smallest absolute Gasteiger partial charge is 0.254 e. The molecule has 2 amide bonds. The van der Waals surface area contributed by atoms with Gasteiger partial charge in [-0.2, -0.15) is 0 Å². The van der Waals surface area contributed by atoms with Crippen LogP contribution in [0.5, 0.6) is 0 Å². The highest BCUT2D eigenvalue weighted by Crippen LogP contribution is 2.41. The largest absolute Gasteiger partial charge is 0.356 e. The number of carbonyl (C=O) groups is 2. The highest BCUT2D eigenvalue weighted by Gasteiger charge is 2.45. The van der Waals surface area contributed by atoms with E-state index in [0.29, 0.717) is 18.9 Å². The van der Waals surface area contributed by atoms with Crippen LogP contribution < -0.4 is 5.32 Å². The zero-order valence-corrected chi connectivity index (χ0v) is 15.5. The predicted molar refractivity (Wildman–Crippen MR) is 99.2 cm³/mol. The first-order valence-corrected chi connectivity index (χ1v) is 9.68. The summed E-state index contributed by atoms with van der Waals surface area (Å²) >= 11 is 0. The first kappa shape index (κ1) is 18.0. The molecule has 0 aromatic heterocycles. The van der Waals surface area contributed by atoms with Gasteiger partial charge in [0.25, 0.3) is 5.91 Å². The number of hydrogen-bond acceptors (Lipinski definition) is 2. The van der Waals surface area contributed by atoms with Crippen molar-refractivity contribution in [2.45, 2.75) is 70.9 Å². The lowest BCUT2D eigenvalue weighted by molar-refractivity contribution is -0.124. The van der Waals surface area contributed by atoms with Crippen LogP contribution in [-0.4, -0.2) is 28.8 Å². The molecule has 1 N–H and O–H groups in total. The summed E-state index contributed by atoms with van der Waals surface area (Å²) in [5, 5.41) is 3.07. The van der Waals surface area contributed by atoms with Crippen molar-refractivity contribution >= 4 is 11.8 Å². The molecule has 2 aliphatic rings. The number of nitrogens with one attached hydrogen (secondary N) is 1. The molecule has 0 unspecified atom stereocenters. The second-order valence-corrected chi connectivity index (χ2v) is 8.04. The molecule has 0 radical (unpaired) electrons. The van der Waals surface area contributed by atoms with Crippen LogP contribution in [0.4, 0.5) is 0 Å². The van der Waals surface area contributed by atoms with Crippen molar-refractivity contribution < 1.29 is 9.59 Å². The molecule has 4 heteroatoms. The Hall–Kier alpha value is -1.84. The fourth-order valence-electron chi connectivity index (χ4n) is 4.25. The summed E-state index contributed by atoms with van der Waals surface area (Å²) in [5.74, 6) is 0.775. The van der Waals surface area contributed by atoms with Crippen LogP contribution in [0.3, 0.4) is 0 Å². The Labute approximate surface area is 151 Å². The van der Waals surface area contributed by atoms with Gasteiger partial charge in [0.1, 0.15) is 0 Å². The van der Waals surface area contributed by atoms with Gasteiger partial charge in [0.05, 0.1) is 5.54 Å². The Morgan fingerprint density at radius 3 is 2.60 bits per heavy atom. The van der Waals surface area contributed by atoms with Gasteiger partial charge in [0, 0.05) is 25.1 Å². The summed E-state index contributed by atoms with van der Waals surface area (Å²) in [7, 11) is 0. The Bertz CT molecular complexity index is 633. The summed E-state index contributed by atoms with van der Waals surface area (Å²) in [4.78, 5) is 27.6. The molecule has 4 nitrogen and oxygen atoms in total. The molecular formula is C21H30N2O2. The molecule has 1 aromatic carbocycles. The fourth-order valence-corrected chi connectivity index (χ4v) is 4.25. The van der Waals surface area contributed by atoms with Crippen LogP contribution in [0, 0.1) is 5.92 Å². The number of amides is 2. The summed E-state index contributed by atoms with van der Waals surface area (Å²) in [5.41, 5.74) is 1.60. The maximum atomic E-state index is 13.0. The molecule has 1 aromatic rings. The van der Waals surface area contributed by atoms with E-state index in [2.05, 4.69) is 19.2 Å². The van der Waals surface area contributed by atoms with E-state index >= 15 is 0 Å². The maximum Gasteiger partial charge on any atom is 0.254 e. The fraction of sp³-hybridized carbons (Fsp3) is 0.619. The summed E-state index contributed by atoms with van der Waals surface area (Å²) in [6, 6.07) is 7.86. The van der Waals surface area contributed by atoms with Gasteiger partial charge in [0.15, 0.2) is 0 Å². The molecule has 0 bridgehead atoms. The first-order valence-electron chi connectivity index (χ1n) is 9.68. The minimum absolute atomic E-state index is 0.0892. The summed E-state index contributed by atoms with van der Waals surface area (Å²) in [6.07, 6.45) is 6.69. The first-order chi connectivity index (χ1) is 12.0. The lowest BCUT2D eigenvalue weighted by atomic mass is 9.77. The average Bonchev–Trinajstić information content (AvgIpc) is 2.93. The van der Waals surface area contributed by atoms with Gasteiger partial charge in [0.2, 0.25) is 5.91 Å². The lowest BCUT2D eigenvalue weighted by Crippen LogP contribution is -2.52. The second-order valence-electron chi connectivity index (χ2n) is 8.04. The molecule has 0 saturated heterocycles. The Kier molecular flexibility index (Phi) is 5.45. The minimum Gasteiger partial charge on any atom is -0.356 e. The topological polar surface area (TPSA) is 49.4 Å². The minimum atomic E-state index is -0.309. The SMILES string of the molecule is CC(C)CCNC(=O)CC1(N2Cc3ccccc3C2=O)CCCCC1. The van der Waals surface area contributed by atoms with Crippen molar-refractivity contribution in [3.63, 3.8) is 0 Å². The Morgan fingerprint density at radius 2 is 1.92 bits per heavy atom. The van der Waals surface area contributed by atoms with E-state index in [4.69, 9.17) is 0 Å². The average molecular weight is 342 g/mol. The zero-order chi connectivity index (χ0) is 17.9. The normalized spacial score (nSPS) is 19.2. The zero-order valence-electron chi connectivity index (χ0n) is 15.5. The lowest BCUT2D eigenvalue weighted by Gasteiger charge is -2.44. The number of fused-ring (bicyclic) bond motifs is 1. The van der Waals surface area contributed by atoms with Gasteiger partial charge in [-0.3, -0.25) is 9.59 Å². The van der Waals surface area contributed by atoms with Crippen LogP contribution in [0.2, 0.25) is 0 Å². The van der Waals surface area contributed by atoms with Crippen molar-refractivity contribution in [3.05, 3.63) is 35.4 Å². The van der Waals surface area contributed by atoms with Gasteiger partial charge in [-0.05, 0) is 36.8 Å². The van der Waals surface area contributed by atoms with Crippen molar-refractivity contribution in [1.29, 1.82) is 0 Å². The number of rotatable bonds is 6. The van der Waals surface area contributed by atoms with Gasteiger partial charge in [-0.1, -0.05) is 51.3 Å². The molecule has 1 fully saturated rings. The van der Waals surface area contributed by atoms with Gasteiger partial charge in [-0.15, -0.1) is 0 Å². The van der Waals surface area contributed by atoms with Crippen molar-refractivity contribution in [2.75, 3.05) is 6.54 Å². The maximum absolute atomic E-state index is 13.0. The van der Waals surface area contributed by atoms with E-state index in [1.54, 1.807) is 0 Å². The predicted octanol–water partition coefficient (Wildman–Crippen LogP) is 3.90. The van der Waals surface area contributed by atoms with Crippen molar-refractivity contribution in [2.24, 2.45) is 5.92 Å². The molecule has 1 heterocycles. The third-order valence-corrected chi connectivity index (χ3v) is 5.71. The van der Waals surface area contributed by atoms with E-state index in [9.17, 15) is 9.59 Å². The second kappa shape index (κ2) is 7.59. The molecule has 1 aliphatic heterocycles. The van der Waals surface area contributed by atoms with Gasteiger partial charge >= 0.3 is 0 Å². The number of hydrogen-bond donors (Lipinski definition) is 1. The quantitative estimate of drug-likeness (QED) is 0.852. The highest BCUT2D eigenvalue weighted by molar-refractivity contribution is 5.99. The monoisotopic (exact) mass is 342 g/mol. The summed E-state index contributed by atoms with van der Waals surface area (Å²) < 4.78 is 0. The molecular weight excluding hydrogens is 312 g/mol. The molecule has 0 spiro atoms. The molecule has 25 heavy (non-hydrogen) atoms. The highest BCUT2D eigenvalue weighted by atomic mass is 16.2. The van der Waals surface area contributed by atoms with Gasteiger partial charge in [-0.25, -0.2) is 0 Å². The third-order valence-electron chi connectivity index (χ3n) is 5.71. The summed E-state index contributed by atoms with van der Waals surface area (Å²) in [6.45, 7) is 5.69. The van der Waals surface area contributed by atoms with Crippen LogP contribution in [-0.2, 0) is 11.3 Å². The Balaban J connectivity index is 1.74. The molecule has 1 aliphatic carbocycles. The molecule has 0 atom stereocenters. The van der Waals surface area contributed by atoms with Gasteiger partial charge < -0.3 is 10.2 Å². The Morgan fingerprint density at radius 1 is 1.20 bits per heavy atom. The van der Waals surface area contributed by atoms with Crippen LogP contribution in [0.15, 0.2) is 24.3 Å². The van der Waals surface area contributed by atoms with E-state index in [1.165, 1.54) is 6.42 Å². The number of nitrogens with zero attached hydrogens (tertiary/aromatic N) is 1. The molecule has 3 rings (SSSR count). The van der Waals surface area contributed by atoms with Crippen molar-refractivity contribution in [3.8, 4) is 0 Å². The van der Waals surface area contributed by atoms with Crippen LogP contribution in [0.25, 0.3) is 0 Å². The number of carbonyl (C=O) groups excluding carboxylic acids is 2.